The number of aromatic nitrogens is 1. The van der Waals surface area contributed by atoms with E-state index >= 15 is 0 Å². The van der Waals surface area contributed by atoms with Crippen LogP contribution in [0.3, 0.4) is 0 Å². The molecule has 1 amide bonds. The molecule has 0 aliphatic rings. The molecule has 0 aliphatic carbocycles. The standard InChI is InChI=1S/C28H25F4N4O2P/c1-2-36-24(16-34-27(38)18-7-6-8-19(15-18)28(30,31)32)39(22-13-11-20(29)12-14-22)25(23(33)17-37)26(36)35-21-9-4-3-5-10-21/h3-15,37H,2,16-17H2,1H3,(H2-,33,34,35,38)/p+1. The van der Waals surface area contributed by atoms with Crippen molar-refractivity contribution in [3.8, 4) is 5.30 Å². The highest BCUT2D eigenvalue weighted by molar-refractivity contribution is 7.59. The summed E-state index contributed by atoms with van der Waals surface area (Å²) in [5.41, 5.74) is 0.295. The molecule has 0 saturated carbocycles. The molecule has 1 heterocycles. The number of rotatable bonds is 9. The van der Waals surface area contributed by atoms with Gasteiger partial charge in [-0.2, -0.15) is 13.2 Å². The van der Waals surface area contributed by atoms with E-state index in [1.165, 1.54) is 24.3 Å². The monoisotopic (exact) mass is 557 g/mol. The molecule has 1 unspecified atom stereocenters. The largest absolute Gasteiger partial charge is 0.416 e. The van der Waals surface area contributed by atoms with Crippen LogP contribution in [0.15, 0.2) is 78.9 Å². The zero-order valence-corrected chi connectivity index (χ0v) is 21.8. The first-order valence-corrected chi connectivity index (χ1v) is 13.4. The summed E-state index contributed by atoms with van der Waals surface area (Å²) in [6.45, 7) is 1.71. The minimum atomic E-state index is -4.59. The highest BCUT2D eigenvalue weighted by atomic mass is 31.1. The second kappa shape index (κ2) is 11.8. The molecule has 0 aliphatic heterocycles. The van der Waals surface area contributed by atoms with Crippen molar-refractivity contribution in [1.29, 1.82) is 5.41 Å². The number of benzene rings is 3. The van der Waals surface area contributed by atoms with Gasteiger partial charge in [0, 0.05) is 10.9 Å². The molecule has 0 spiro atoms. The van der Waals surface area contributed by atoms with Crippen molar-refractivity contribution in [3.05, 3.63) is 107 Å². The maximum absolute atomic E-state index is 13.8. The van der Waals surface area contributed by atoms with Crippen LogP contribution in [-0.2, 0) is 19.3 Å². The summed E-state index contributed by atoms with van der Waals surface area (Å²) >= 11 is 0. The number of hydrogen-bond acceptors (Lipinski definition) is 4. The minimum Gasteiger partial charge on any atom is -0.390 e. The maximum atomic E-state index is 13.8. The van der Waals surface area contributed by atoms with Gasteiger partial charge in [0.25, 0.3) is 11.7 Å². The number of hydrogen-bond donors (Lipinski definition) is 4. The summed E-state index contributed by atoms with van der Waals surface area (Å²) in [7, 11) is -1.52. The molecule has 3 aromatic carbocycles. The van der Waals surface area contributed by atoms with E-state index < -0.39 is 37.6 Å². The normalized spacial score (nSPS) is 11.8. The fourth-order valence-electron chi connectivity index (χ4n) is 4.23. The molecule has 11 heteroatoms. The van der Waals surface area contributed by atoms with Crippen molar-refractivity contribution in [2.45, 2.75) is 26.2 Å². The molecule has 6 nitrogen and oxygen atoms in total. The Morgan fingerprint density at radius 2 is 1.72 bits per heavy atom. The van der Waals surface area contributed by atoms with Crippen LogP contribution in [0.25, 0.3) is 5.30 Å². The van der Waals surface area contributed by atoms with Gasteiger partial charge in [-0.3, -0.25) is 4.79 Å². The summed E-state index contributed by atoms with van der Waals surface area (Å²) in [6.07, 6.45) is -4.59. The SMILES string of the molecule is CC[n+]1c(Nc2ccccc2)c(C(=N)CO)p(-c2ccc(F)cc2)c1CNC(=O)c1cccc(C(F)(F)F)c1. The van der Waals surface area contributed by atoms with Crippen LogP contribution in [0.2, 0.25) is 0 Å². The Balaban J connectivity index is 1.82. The predicted octanol–water partition coefficient (Wildman–Crippen LogP) is 6.16. The van der Waals surface area contributed by atoms with Crippen molar-refractivity contribution in [2.75, 3.05) is 11.9 Å². The number of alkyl halides is 3. The van der Waals surface area contributed by atoms with Crippen LogP contribution in [0.5, 0.6) is 0 Å². The molecular weight excluding hydrogens is 531 g/mol. The first kappa shape index (κ1) is 28.0. The van der Waals surface area contributed by atoms with Crippen LogP contribution in [0.1, 0.15) is 33.6 Å². The average Bonchev–Trinajstić information content (AvgIpc) is 3.24. The van der Waals surface area contributed by atoms with Gasteiger partial charge in [-0.25, -0.2) is 14.3 Å². The Morgan fingerprint density at radius 1 is 1.03 bits per heavy atom. The lowest BCUT2D eigenvalue weighted by Gasteiger charge is -2.11. The number of nitrogens with one attached hydrogen (secondary N) is 3. The van der Waals surface area contributed by atoms with Crippen LogP contribution in [0, 0.1) is 11.2 Å². The van der Waals surface area contributed by atoms with E-state index in [0.29, 0.717) is 28.4 Å². The maximum Gasteiger partial charge on any atom is 0.416 e. The second-order valence-electron chi connectivity index (χ2n) is 8.56. The molecule has 0 radical (unpaired) electrons. The number of anilines is 2. The van der Waals surface area contributed by atoms with Crippen LogP contribution < -0.4 is 15.2 Å². The number of nitrogens with zero attached hydrogens (tertiary/aromatic N) is 1. The Labute approximate surface area is 223 Å². The number of carbonyl (C=O) groups is 1. The highest BCUT2D eigenvalue weighted by Gasteiger charge is 2.33. The van der Waals surface area contributed by atoms with Gasteiger partial charge in [-0.1, -0.05) is 24.3 Å². The van der Waals surface area contributed by atoms with E-state index in [2.05, 4.69) is 10.6 Å². The lowest BCUT2D eigenvalue weighted by Crippen LogP contribution is -2.40. The topological polar surface area (TPSA) is 89.1 Å². The lowest BCUT2D eigenvalue weighted by atomic mass is 10.1. The van der Waals surface area contributed by atoms with Gasteiger partial charge >= 0.3 is 6.18 Å². The fourth-order valence-corrected chi connectivity index (χ4v) is 6.94. The van der Waals surface area contributed by atoms with Crippen LogP contribution >= 0.6 is 7.53 Å². The highest BCUT2D eigenvalue weighted by Crippen LogP contribution is 2.50. The molecule has 4 rings (SSSR count). The number of carbonyl (C=O) groups excluding carboxylic acids is 1. The predicted molar refractivity (Wildman–Crippen MR) is 143 cm³/mol. The first-order valence-electron chi connectivity index (χ1n) is 12.0. The molecule has 4 aromatic rings. The van der Waals surface area contributed by atoms with E-state index in [1.807, 2.05) is 41.8 Å². The fraction of sp³-hybridized carbons (Fsp3) is 0.179. The summed E-state index contributed by atoms with van der Waals surface area (Å²) in [4.78, 5) is 12.9. The van der Waals surface area contributed by atoms with Crippen molar-refractivity contribution in [2.24, 2.45) is 0 Å². The third kappa shape index (κ3) is 6.19. The van der Waals surface area contributed by atoms with Crippen molar-refractivity contribution >= 4 is 30.7 Å². The molecule has 39 heavy (non-hydrogen) atoms. The van der Waals surface area contributed by atoms with Crippen molar-refractivity contribution in [1.82, 2.24) is 5.32 Å². The first-order chi connectivity index (χ1) is 18.6. The van der Waals surface area contributed by atoms with E-state index in [4.69, 9.17) is 5.41 Å². The third-order valence-electron chi connectivity index (χ3n) is 6.03. The van der Waals surface area contributed by atoms with E-state index in [-0.39, 0.29) is 17.8 Å². The van der Waals surface area contributed by atoms with Gasteiger partial charge in [-0.05, 0) is 69.1 Å². The summed E-state index contributed by atoms with van der Waals surface area (Å²) in [5.74, 6) is -0.589. The molecule has 4 N–H and O–H groups in total. The van der Waals surface area contributed by atoms with E-state index in [0.717, 1.165) is 17.8 Å². The Bertz CT molecular complexity index is 1490. The van der Waals surface area contributed by atoms with Gasteiger partial charge in [0.15, 0.2) is 0 Å². The van der Waals surface area contributed by atoms with Gasteiger partial charge in [0.1, 0.15) is 22.2 Å². The minimum absolute atomic E-state index is 0.0403. The number of para-hydroxylation sites is 1. The average molecular weight is 558 g/mol. The van der Waals surface area contributed by atoms with E-state index in [1.54, 1.807) is 12.1 Å². The number of aliphatic hydroxyl groups excluding tert-OH is 1. The summed E-state index contributed by atoms with van der Waals surface area (Å²) < 4.78 is 55.2. The number of halogens is 4. The molecule has 1 aromatic heterocycles. The Hall–Kier alpha value is -4.01. The van der Waals surface area contributed by atoms with Gasteiger partial charge in [0.05, 0.1) is 31.0 Å². The van der Waals surface area contributed by atoms with Crippen LogP contribution in [-0.4, -0.2) is 23.3 Å². The summed E-state index contributed by atoms with van der Waals surface area (Å²) in [5, 5.41) is 25.8. The zero-order chi connectivity index (χ0) is 28.2. The Morgan fingerprint density at radius 3 is 2.33 bits per heavy atom. The summed E-state index contributed by atoms with van der Waals surface area (Å²) in [6, 6.07) is 19.2. The molecule has 0 saturated heterocycles. The Kier molecular flexibility index (Phi) is 8.47. The second-order valence-corrected chi connectivity index (χ2v) is 10.7. The van der Waals surface area contributed by atoms with Crippen molar-refractivity contribution < 1.29 is 32.0 Å². The van der Waals surface area contributed by atoms with Gasteiger partial charge in [-0.15, -0.1) is 0 Å². The molecular formula is C28H26F4N4O2P+. The zero-order valence-electron chi connectivity index (χ0n) is 20.9. The van der Waals surface area contributed by atoms with E-state index in [9.17, 15) is 27.5 Å². The quantitative estimate of drug-likeness (QED) is 0.113. The van der Waals surface area contributed by atoms with Gasteiger partial charge in [0.2, 0.25) is 0 Å². The molecule has 0 bridgehead atoms. The smallest absolute Gasteiger partial charge is 0.390 e. The lowest BCUT2D eigenvalue weighted by molar-refractivity contribution is -0.682. The molecule has 0 fully saturated rings. The molecule has 202 valence electrons. The number of amides is 1. The number of aliphatic hydroxyl groups is 1. The van der Waals surface area contributed by atoms with Crippen molar-refractivity contribution in [3.63, 3.8) is 0 Å². The van der Waals surface area contributed by atoms with Gasteiger partial charge < -0.3 is 15.8 Å². The third-order valence-corrected chi connectivity index (χ3v) is 8.69. The molecule has 1 atom stereocenters. The van der Waals surface area contributed by atoms with Crippen LogP contribution in [0.4, 0.5) is 29.1 Å².